The zero-order valence-electron chi connectivity index (χ0n) is 15.9. The zero-order valence-corrected chi connectivity index (χ0v) is 15.9. The average molecular weight is 369 g/mol. The van der Waals surface area contributed by atoms with Gasteiger partial charge in [-0.15, -0.1) is 0 Å². The molecule has 7 nitrogen and oxygen atoms in total. The number of carbonyl (C=O) groups excluding carboxylic acids is 1. The summed E-state index contributed by atoms with van der Waals surface area (Å²) in [6.45, 7) is 4.87. The lowest BCUT2D eigenvalue weighted by molar-refractivity contribution is 0.111. The first-order valence-corrected chi connectivity index (χ1v) is 8.78. The monoisotopic (exact) mass is 369 g/mol. The highest BCUT2D eigenvalue weighted by molar-refractivity contribution is 5.95. The summed E-state index contributed by atoms with van der Waals surface area (Å²) in [6, 6.07) is 7.48. The fraction of sp³-hybridized carbons (Fsp3) is 0.350. The van der Waals surface area contributed by atoms with Crippen molar-refractivity contribution in [3.63, 3.8) is 0 Å². The quantitative estimate of drug-likeness (QED) is 0.623. The molecule has 0 aliphatic heterocycles. The summed E-state index contributed by atoms with van der Waals surface area (Å²) in [4.78, 5) is 37.1. The molecule has 27 heavy (non-hydrogen) atoms. The second-order valence-corrected chi connectivity index (χ2v) is 7.02. The topological polar surface area (TPSA) is 75.2 Å². The number of rotatable bonds is 6. The Kier molecular flexibility index (Phi) is 5.03. The fourth-order valence-corrected chi connectivity index (χ4v) is 3.25. The maximum atomic E-state index is 12.7. The second-order valence-electron chi connectivity index (χ2n) is 7.02. The molecular formula is C20H23N3O4. The Labute approximate surface area is 156 Å². The summed E-state index contributed by atoms with van der Waals surface area (Å²) in [5.41, 5.74) is 0.894. The van der Waals surface area contributed by atoms with Crippen molar-refractivity contribution in [1.29, 1.82) is 0 Å². The van der Waals surface area contributed by atoms with Gasteiger partial charge in [-0.1, -0.05) is 26.0 Å². The van der Waals surface area contributed by atoms with Crippen LogP contribution in [0, 0.1) is 5.92 Å². The SMILES string of the molecule is COc1ccc(Cn2cc3c(c2C=O)c(=O)n(C)c(=O)n3CC(C)C)cc1. The Morgan fingerprint density at radius 1 is 1.15 bits per heavy atom. The van der Waals surface area contributed by atoms with Gasteiger partial charge < -0.3 is 9.30 Å². The highest BCUT2D eigenvalue weighted by atomic mass is 16.5. The van der Waals surface area contributed by atoms with Gasteiger partial charge in [-0.2, -0.15) is 0 Å². The molecule has 0 atom stereocenters. The minimum absolute atomic E-state index is 0.216. The Morgan fingerprint density at radius 2 is 1.81 bits per heavy atom. The van der Waals surface area contributed by atoms with Gasteiger partial charge in [0.2, 0.25) is 0 Å². The lowest BCUT2D eigenvalue weighted by Gasteiger charge is -2.11. The van der Waals surface area contributed by atoms with Crippen LogP contribution >= 0.6 is 0 Å². The molecule has 0 N–H and O–H groups in total. The second kappa shape index (κ2) is 7.26. The number of nitrogens with zero attached hydrogens (tertiary/aromatic N) is 3. The van der Waals surface area contributed by atoms with E-state index in [1.165, 1.54) is 7.05 Å². The molecule has 2 heterocycles. The minimum Gasteiger partial charge on any atom is -0.497 e. The van der Waals surface area contributed by atoms with Crippen LogP contribution in [-0.4, -0.2) is 27.1 Å². The average Bonchev–Trinajstić information content (AvgIpc) is 3.02. The first kappa shape index (κ1) is 18.7. The molecule has 2 aromatic heterocycles. The Hall–Kier alpha value is -3.09. The van der Waals surface area contributed by atoms with Crippen LogP contribution in [0.3, 0.4) is 0 Å². The van der Waals surface area contributed by atoms with Crippen LogP contribution in [-0.2, 0) is 20.1 Å². The minimum atomic E-state index is -0.453. The van der Waals surface area contributed by atoms with Crippen LogP contribution in [0.1, 0.15) is 29.9 Å². The largest absolute Gasteiger partial charge is 0.497 e. The van der Waals surface area contributed by atoms with Gasteiger partial charge in [0.15, 0.2) is 6.29 Å². The number of aldehydes is 1. The number of aromatic nitrogens is 3. The first-order valence-electron chi connectivity index (χ1n) is 8.78. The number of hydrogen-bond donors (Lipinski definition) is 0. The number of carbonyl (C=O) groups is 1. The summed E-state index contributed by atoms with van der Waals surface area (Å²) in [5, 5.41) is 0.279. The summed E-state index contributed by atoms with van der Waals surface area (Å²) in [5.74, 6) is 0.958. The number of fused-ring (bicyclic) bond motifs is 1. The molecule has 3 rings (SSSR count). The predicted octanol–water partition coefficient (Wildman–Crippen LogP) is 2.03. The summed E-state index contributed by atoms with van der Waals surface area (Å²) in [6.07, 6.45) is 2.39. The zero-order chi connectivity index (χ0) is 19.7. The van der Waals surface area contributed by atoms with Crippen LogP contribution in [0.25, 0.3) is 10.9 Å². The standard InChI is InChI=1S/C20H23N3O4/c1-13(2)9-23-16-11-22(10-14-5-7-15(27-4)8-6-14)17(12-24)18(16)19(25)21(3)20(23)26/h5-8,11-13H,9-10H2,1-4H3. The molecule has 0 aliphatic carbocycles. The number of benzene rings is 1. The van der Waals surface area contributed by atoms with Crippen molar-refractivity contribution in [2.24, 2.45) is 13.0 Å². The van der Waals surface area contributed by atoms with E-state index in [0.29, 0.717) is 24.9 Å². The third kappa shape index (κ3) is 3.32. The van der Waals surface area contributed by atoms with Gasteiger partial charge in [0.25, 0.3) is 5.56 Å². The van der Waals surface area contributed by atoms with Crippen LogP contribution in [0.15, 0.2) is 40.1 Å². The third-order valence-corrected chi connectivity index (χ3v) is 4.60. The predicted molar refractivity (Wildman–Crippen MR) is 104 cm³/mol. The van der Waals surface area contributed by atoms with E-state index in [-0.39, 0.29) is 22.7 Å². The number of methoxy groups -OCH3 is 1. The molecule has 0 saturated carbocycles. The van der Waals surface area contributed by atoms with Crippen molar-refractivity contribution in [1.82, 2.24) is 13.7 Å². The van der Waals surface area contributed by atoms with E-state index < -0.39 is 5.56 Å². The van der Waals surface area contributed by atoms with E-state index in [4.69, 9.17) is 4.74 Å². The lowest BCUT2D eigenvalue weighted by Crippen LogP contribution is -2.38. The molecule has 0 aliphatic rings. The fourth-order valence-electron chi connectivity index (χ4n) is 3.25. The van der Waals surface area contributed by atoms with Crippen molar-refractivity contribution >= 4 is 17.2 Å². The van der Waals surface area contributed by atoms with Crippen LogP contribution < -0.4 is 16.0 Å². The highest BCUT2D eigenvalue weighted by Gasteiger charge is 2.19. The van der Waals surface area contributed by atoms with Gasteiger partial charge in [-0.3, -0.25) is 18.7 Å². The van der Waals surface area contributed by atoms with Gasteiger partial charge in [-0.25, -0.2) is 4.79 Å². The van der Waals surface area contributed by atoms with Gasteiger partial charge in [0.05, 0.1) is 23.7 Å². The Balaban J connectivity index is 2.22. The van der Waals surface area contributed by atoms with E-state index in [0.717, 1.165) is 15.9 Å². The Bertz CT molecular complexity index is 1100. The van der Waals surface area contributed by atoms with Gasteiger partial charge in [-0.05, 0) is 23.6 Å². The number of ether oxygens (including phenoxy) is 1. The Morgan fingerprint density at radius 3 is 2.37 bits per heavy atom. The molecule has 7 heteroatoms. The van der Waals surface area contributed by atoms with E-state index in [9.17, 15) is 14.4 Å². The van der Waals surface area contributed by atoms with Crippen LogP contribution in [0.2, 0.25) is 0 Å². The summed E-state index contributed by atoms with van der Waals surface area (Å²) < 4.78 is 9.51. The normalized spacial score (nSPS) is 11.3. The van der Waals surface area contributed by atoms with E-state index in [2.05, 4.69) is 0 Å². The molecule has 0 radical (unpaired) electrons. The van der Waals surface area contributed by atoms with Crippen molar-refractivity contribution in [2.75, 3.05) is 7.11 Å². The molecule has 142 valence electrons. The van der Waals surface area contributed by atoms with E-state index in [1.54, 1.807) is 22.4 Å². The smallest absolute Gasteiger partial charge is 0.331 e. The van der Waals surface area contributed by atoms with Gasteiger partial charge in [0, 0.05) is 26.3 Å². The molecule has 3 aromatic rings. The number of hydrogen-bond acceptors (Lipinski definition) is 4. The van der Waals surface area contributed by atoms with Crippen molar-refractivity contribution in [2.45, 2.75) is 26.9 Å². The van der Waals surface area contributed by atoms with E-state index in [1.807, 2.05) is 38.1 Å². The van der Waals surface area contributed by atoms with Gasteiger partial charge >= 0.3 is 5.69 Å². The molecule has 0 bridgehead atoms. The molecule has 0 saturated heterocycles. The van der Waals surface area contributed by atoms with Gasteiger partial charge in [0.1, 0.15) is 5.75 Å². The highest BCUT2D eigenvalue weighted by Crippen LogP contribution is 2.19. The van der Waals surface area contributed by atoms with Crippen LogP contribution in [0.5, 0.6) is 5.75 Å². The molecule has 0 unspecified atom stereocenters. The molecule has 0 fully saturated rings. The molecule has 1 aromatic carbocycles. The molecular weight excluding hydrogens is 346 g/mol. The lowest BCUT2D eigenvalue weighted by atomic mass is 10.2. The molecule has 0 amide bonds. The maximum Gasteiger partial charge on any atom is 0.331 e. The maximum absolute atomic E-state index is 12.7. The van der Waals surface area contributed by atoms with E-state index >= 15 is 0 Å². The van der Waals surface area contributed by atoms with Crippen molar-refractivity contribution in [3.8, 4) is 5.75 Å². The summed E-state index contributed by atoms with van der Waals surface area (Å²) >= 11 is 0. The van der Waals surface area contributed by atoms with Crippen molar-refractivity contribution < 1.29 is 9.53 Å². The van der Waals surface area contributed by atoms with Crippen LogP contribution in [0.4, 0.5) is 0 Å². The molecule has 0 spiro atoms. The van der Waals surface area contributed by atoms with Crippen molar-refractivity contribution in [3.05, 3.63) is 62.6 Å². The summed E-state index contributed by atoms with van der Waals surface area (Å²) in [7, 11) is 3.04. The third-order valence-electron chi connectivity index (χ3n) is 4.60. The first-order chi connectivity index (χ1) is 12.9.